The summed E-state index contributed by atoms with van der Waals surface area (Å²) < 4.78 is 5.22. The molecule has 1 fully saturated rings. The van der Waals surface area contributed by atoms with Crippen LogP contribution in [0.5, 0.6) is 5.75 Å². The zero-order valence-electron chi connectivity index (χ0n) is 17.5. The molecule has 4 rings (SSSR count). The van der Waals surface area contributed by atoms with E-state index in [4.69, 9.17) is 9.72 Å². The van der Waals surface area contributed by atoms with Crippen molar-refractivity contribution in [2.24, 2.45) is 0 Å². The molecule has 1 aliphatic rings. The normalized spacial score (nSPS) is 13.9. The summed E-state index contributed by atoms with van der Waals surface area (Å²) in [5.41, 5.74) is 2.43. The summed E-state index contributed by atoms with van der Waals surface area (Å²) in [4.78, 5) is 32.3. The number of amides is 1. The van der Waals surface area contributed by atoms with Crippen LogP contribution in [0.1, 0.15) is 17.3 Å². The van der Waals surface area contributed by atoms with Crippen LogP contribution in [0.15, 0.2) is 48.5 Å². The number of aromatic nitrogens is 1. The lowest BCUT2D eigenvalue weighted by atomic mass is 10.1. The molecule has 8 heteroatoms. The Kier molecular flexibility index (Phi) is 5.62. The van der Waals surface area contributed by atoms with Crippen LogP contribution >= 0.6 is 0 Å². The van der Waals surface area contributed by atoms with E-state index in [0.29, 0.717) is 22.4 Å². The molecular weight excluding hydrogens is 396 g/mol. The van der Waals surface area contributed by atoms with Crippen LogP contribution in [0.25, 0.3) is 10.9 Å². The van der Waals surface area contributed by atoms with Gasteiger partial charge in [0.05, 0.1) is 18.2 Å². The standard InChI is InChI=1S/C23H24N4O4/c1-15(28)24-16-3-8-21-19(13-16)20(23(29)30)14-22(25-21)27-11-9-26(10-12-27)17-4-6-18(31-2)7-5-17/h3-8,13-14H,9-12H2,1-2H3,(H,24,28)(H,29,30). The summed E-state index contributed by atoms with van der Waals surface area (Å²) in [6.07, 6.45) is 0. The van der Waals surface area contributed by atoms with Crippen LogP contribution in [0.4, 0.5) is 17.2 Å². The minimum absolute atomic E-state index is 0.171. The van der Waals surface area contributed by atoms with Crippen LogP contribution < -0.4 is 19.9 Å². The first-order chi connectivity index (χ1) is 14.9. The second kappa shape index (κ2) is 8.51. The number of carbonyl (C=O) groups excluding carboxylic acids is 1. The van der Waals surface area contributed by atoms with E-state index in [-0.39, 0.29) is 11.5 Å². The molecule has 1 aliphatic heterocycles. The quantitative estimate of drug-likeness (QED) is 0.654. The molecule has 0 spiro atoms. The third-order valence-corrected chi connectivity index (χ3v) is 5.39. The molecule has 0 saturated carbocycles. The monoisotopic (exact) mass is 420 g/mol. The number of anilines is 3. The van der Waals surface area contributed by atoms with Crippen LogP contribution in [0.3, 0.4) is 0 Å². The van der Waals surface area contributed by atoms with Crippen molar-refractivity contribution in [1.82, 2.24) is 4.98 Å². The zero-order chi connectivity index (χ0) is 22.0. The molecule has 1 saturated heterocycles. The van der Waals surface area contributed by atoms with Crippen LogP contribution in [0.2, 0.25) is 0 Å². The maximum atomic E-state index is 11.9. The number of rotatable bonds is 5. The molecule has 0 bridgehead atoms. The summed E-state index contributed by atoms with van der Waals surface area (Å²) in [6.45, 7) is 4.47. The van der Waals surface area contributed by atoms with E-state index in [1.54, 1.807) is 31.4 Å². The summed E-state index contributed by atoms with van der Waals surface area (Å²) in [6, 6.07) is 14.7. The molecule has 0 atom stereocenters. The second-order valence-corrected chi connectivity index (χ2v) is 7.42. The SMILES string of the molecule is COc1ccc(N2CCN(c3cc(C(=O)O)c4cc(NC(C)=O)ccc4n3)CC2)cc1. The van der Waals surface area contributed by atoms with Gasteiger partial charge in [0.2, 0.25) is 5.91 Å². The Labute approximate surface area is 180 Å². The number of pyridine rings is 1. The number of hydrogen-bond acceptors (Lipinski definition) is 6. The Hall–Kier alpha value is -3.81. The van der Waals surface area contributed by atoms with E-state index in [9.17, 15) is 14.7 Å². The highest BCUT2D eigenvalue weighted by Crippen LogP contribution is 2.28. The number of piperazine rings is 1. The van der Waals surface area contributed by atoms with Gasteiger partial charge in [-0.15, -0.1) is 0 Å². The fourth-order valence-corrected chi connectivity index (χ4v) is 3.82. The third-order valence-electron chi connectivity index (χ3n) is 5.39. The number of ether oxygens (including phenoxy) is 1. The van der Waals surface area contributed by atoms with Crippen LogP contribution in [-0.2, 0) is 4.79 Å². The third kappa shape index (κ3) is 4.37. The van der Waals surface area contributed by atoms with Crippen molar-refractivity contribution in [3.63, 3.8) is 0 Å². The highest BCUT2D eigenvalue weighted by Gasteiger charge is 2.21. The first-order valence-corrected chi connectivity index (χ1v) is 10.0. The minimum Gasteiger partial charge on any atom is -0.497 e. The first kappa shape index (κ1) is 20.5. The van der Waals surface area contributed by atoms with Crippen molar-refractivity contribution in [2.45, 2.75) is 6.92 Å². The Morgan fingerprint density at radius 3 is 2.29 bits per heavy atom. The maximum Gasteiger partial charge on any atom is 0.336 e. The van der Waals surface area contributed by atoms with Crippen LogP contribution in [-0.4, -0.2) is 55.3 Å². The number of nitrogens with zero attached hydrogens (tertiary/aromatic N) is 3. The summed E-state index contributed by atoms with van der Waals surface area (Å²) in [5.74, 6) is 0.234. The lowest BCUT2D eigenvalue weighted by Gasteiger charge is -2.37. The fourth-order valence-electron chi connectivity index (χ4n) is 3.82. The van der Waals surface area contributed by atoms with E-state index in [1.807, 2.05) is 24.3 Å². The molecule has 31 heavy (non-hydrogen) atoms. The Morgan fingerprint density at radius 1 is 1.00 bits per heavy atom. The van der Waals surface area contributed by atoms with E-state index >= 15 is 0 Å². The first-order valence-electron chi connectivity index (χ1n) is 10.0. The minimum atomic E-state index is -1.02. The lowest BCUT2D eigenvalue weighted by Crippen LogP contribution is -2.46. The van der Waals surface area contributed by atoms with Gasteiger partial charge < -0.3 is 25.0 Å². The fraction of sp³-hybridized carbons (Fsp3) is 0.261. The van der Waals surface area contributed by atoms with Crippen molar-refractivity contribution in [3.05, 3.63) is 54.1 Å². The number of methoxy groups -OCH3 is 1. The molecule has 0 radical (unpaired) electrons. The van der Waals surface area contributed by atoms with Gasteiger partial charge in [0, 0.05) is 49.9 Å². The number of aromatic carboxylic acids is 1. The predicted octanol–water partition coefficient (Wildman–Crippen LogP) is 3.23. The zero-order valence-corrected chi connectivity index (χ0v) is 17.5. The van der Waals surface area contributed by atoms with Gasteiger partial charge in [0.25, 0.3) is 0 Å². The molecule has 1 amide bonds. The molecule has 160 valence electrons. The van der Waals surface area contributed by atoms with Gasteiger partial charge in [-0.3, -0.25) is 4.79 Å². The smallest absolute Gasteiger partial charge is 0.336 e. The molecule has 0 aliphatic carbocycles. The number of carboxylic acid groups (broad SMARTS) is 1. The topological polar surface area (TPSA) is 95.0 Å². The molecule has 1 aromatic heterocycles. The van der Waals surface area contributed by atoms with Crippen molar-refractivity contribution in [3.8, 4) is 5.75 Å². The number of carbonyl (C=O) groups is 2. The highest BCUT2D eigenvalue weighted by molar-refractivity contribution is 6.05. The van der Waals surface area contributed by atoms with Gasteiger partial charge in [-0.2, -0.15) is 0 Å². The van der Waals surface area contributed by atoms with Crippen molar-refractivity contribution >= 4 is 40.0 Å². The summed E-state index contributed by atoms with van der Waals surface area (Å²) in [5, 5.41) is 12.9. The molecule has 2 N–H and O–H groups in total. The van der Waals surface area contributed by atoms with E-state index < -0.39 is 5.97 Å². The van der Waals surface area contributed by atoms with Crippen molar-refractivity contribution < 1.29 is 19.4 Å². The van der Waals surface area contributed by atoms with Gasteiger partial charge in [0.15, 0.2) is 0 Å². The van der Waals surface area contributed by atoms with E-state index in [2.05, 4.69) is 15.1 Å². The molecule has 2 aromatic carbocycles. The van der Waals surface area contributed by atoms with Gasteiger partial charge in [-0.25, -0.2) is 9.78 Å². The molecule has 0 unspecified atom stereocenters. The summed E-state index contributed by atoms with van der Waals surface area (Å²) >= 11 is 0. The molecular formula is C23H24N4O4. The Balaban J connectivity index is 1.56. The van der Waals surface area contributed by atoms with Crippen molar-refractivity contribution in [2.75, 3.05) is 48.4 Å². The average Bonchev–Trinajstić information content (AvgIpc) is 2.78. The molecule has 3 aromatic rings. The molecule has 8 nitrogen and oxygen atoms in total. The number of benzene rings is 2. The average molecular weight is 420 g/mol. The van der Waals surface area contributed by atoms with Gasteiger partial charge >= 0.3 is 5.97 Å². The van der Waals surface area contributed by atoms with Gasteiger partial charge in [0.1, 0.15) is 11.6 Å². The summed E-state index contributed by atoms with van der Waals surface area (Å²) in [7, 11) is 1.65. The highest BCUT2D eigenvalue weighted by atomic mass is 16.5. The lowest BCUT2D eigenvalue weighted by molar-refractivity contribution is -0.114. The second-order valence-electron chi connectivity index (χ2n) is 7.42. The van der Waals surface area contributed by atoms with E-state index in [0.717, 1.165) is 37.6 Å². The van der Waals surface area contributed by atoms with Crippen LogP contribution in [0, 0.1) is 0 Å². The molecule has 2 heterocycles. The predicted molar refractivity (Wildman–Crippen MR) is 120 cm³/mol. The van der Waals surface area contributed by atoms with E-state index in [1.165, 1.54) is 6.92 Å². The Bertz CT molecular complexity index is 1120. The van der Waals surface area contributed by atoms with Gasteiger partial charge in [-0.05, 0) is 48.5 Å². The number of nitrogens with one attached hydrogen (secondary N) is 1. The maximum absolute atomic E-state index is 11.9. The number of fused-ring (bicyclic) bond motifs is 1. The van der Waals surface area contributed by atoms with Gasteiger partial charge in [-0.1, -0.05) is 0 Å². The largest absolute Gasteiger partial charge is 0.497 e. The number of hydrogen-bond donors (Lipinski definition) is 2. The van der Waals surface area contributed by atoms with Crippen molar-refractivity contribution in [1.29, 1.82) is 0 Å². The number of carboxylic acids is 1. The Morgan fingerprint density at radius 2 is 1.68 bits per heavy atom.